The van der Waals surface area contributed by atoms with Crippen LogP contribution in [0.4, 0.5) is 5.82 Å². The second-order valence-electron chi connectivity index (χ2n) is 5.62. The van der Waals surface area contributed by atoms with E-state index in [9.17, 15) is 4.79 Å². The number of nitrogens with one attached hydrogen (secondary N) is 1. The van der Waals surface area contributed by atoms with Gasteiger partial charge in [0.25, 0.3) is 0 Å². The lowest BCUT2D eigenvalue weighted by atomic mass is 10.1. The summed E-state index contributed by atoms with van der Waals surface area (Å²) < 4.78 is 7.11. The van der Waals surface area contributed by atoms with Crippen LogP contribution in [0, 0.1) is 0 Å². The molecule has 3 aromatic rings. The molecule has 0 unspecified atom stereocenters. The van der Waals surface area contributed by atoms with Crippen LogP contribution in [-0.4, -0.2) is 22.4 Å². The van der Waals surface area contributed by atoms with Crippen LogP contribution in [0.5, 0.6) is 5.75 Å². The lowest BCUT2D eigenvalue weighted by molar-refractivity contribution is -0.116. The maximum Gasteiger partial charge on any atom is 0.225 e. The third-order valence-corrected chi connectivity index (χ3v) is 3.91. The summed E-state index contributed by atoms with van der Waals surface area (Å²) in [4.78, 5) is 16.9. The maximum atomic E-state index is 12.2. The van der Waals surface area contributed by atoms with Crippen LogP contribution in [0.1, 0.15) is 26.2 Å². The SMILES string of the molecule is CCCCC(=O)Nc1c(-c2ccc(OC)cc2)nc2ccccn12. The highest BCUT2D eigenvalue weighted by Gasteiger charge is 2.16. The third kappa shape index (κ3) is 3.25. The van der Waals surface area contributed by atoms with Crippen molar-refractivity contribution in [1.29, 1.82) is 0 Å². The van der Waals surface area contributed by atoms with E-state index in [0.717, 1.165) is 35.5 Å². The van der Waals surface area contributed by atoms with Crippen molar-refractivity contribution in [3.63, 3.8) is 0 Å². The number of imidazole rings is 1. The number of amides is 1. The quantitative estimate of drug-likeness (QED) is 0.742. The number of unbranched alkanes of at least 4 members (excludes halogenated alkanes) is 1. The molecule has 0 atom stereocenters. The van der Waals surface area contributed by atoms with Crippen LogP contribution in [-0.2, 0) is 4.79 Å². The average molecular weight is 323 g/mol. The summed E-state index contributed by atoms with van der Waals surface area (Å²) in [7, 11) is 1.64. The van der Waals surface area contributed by atoms with Gasteiger partial charge in [-0.25, -0.2) is 4.98 Å². The molecule has 24 heavy (non-hydrogen) atoms. The summed E-state index contributed by atoms with van der Waals surface area (Å²) in [6, 6.07) is 13.5. The molecule has 1 aromatic carbocycles. The lowest BCUT2D eigenvalue weighted by Crippen LogP contribution is -2.13. The number of methoxy groups -OCH3 is 1. The fraction of sp³-hybridized carbons (Fsp3) is 0.263. The monoisotopic (exact) mass is 323 g/mol. The summed E-state index contributed by atoms with van der Waals surface area (Å²) >= 11 is 0. The van der Waals surface area contributed by atoms with Crippen molar-refractivity contribution in [2.24, 2.45) is 0 Å². The Morgan fingerprint density at radius 2 is 2.00 bits per heavy atom. The van der Waals surface area contributed by atoms with Gasteiger partial charge in [0.15, 0.2) is 0 Å². The van der Waals surface area contributed by atoms with E-state index < -0.39 is 0 Å². The topological polar surface area (TPSA) is 55.6 Å². The van der Waals surface area contributed by atoms with Crippen molar-refractivity contribution in [3.8, 4) is 17.0 Å². The van der Waals surface area contributed by atoms with Gasteiger partial charge in [-0.1, -0.05) is 19.4 Å². The summed E-state index contributed by atoms with van der Waals surface area (Å²) in [5.41, 5.74) is 2.49. The third-order valence-electron chi connectivity index (χ3n) is 3.91. The van der Waals surface area contributed by atoms with Crippen LogP contribution in [0.15, 0.2) is 48.7 Å². The number of hydrogen-bond acceptors (Lipinski definition) is 3. The van der Waals surface area contributed by atoms with Crippen molar-refractivity contribution < 1.29 is 9.53 Å². The van der Waals surface area contributed by atoms with Gasteiger partial charge in [0.1, 0.15) is 22.9 Å². The number of carbonyl (C=O) groups is 1. The number of ether oxygens (including phenoxy) is 1. The van der Waals surface area contributed by atoms with Gasteiger partial charge in [-0.3, -0.25) is 9.20 Å². The fourth-order valence-electron chi connectivity index (χ4n) is 2.60. The number of aromatic nitrogens is 2. The average Bonchev–Trinajstić information content (AvgIpc) is 2.98. The minimum Gasteiger partial charge on any atom is -0.497 e. The van der Waals surface area contributed by atoms with Gasteiger partial charge in [0, 0.05) is 18.2 Å². The number of hydrogen-bond donors (Lipinski definition) is 1. The summed E-state index contributed by atoms with van der Waals surface area (Å²) in [5, 5.41) is 3.03. The second kappa shape index (κ2) is 7.17. The molecule has 0 spiro atoms. The van der Waals surface area contributed by atoms with E-state index in [1.807, 2.05) is 53.1 Å². The molecular formula is C19H21N3O2. The molecule has 0 saturated carbocycles. The molecule has 0 aliphatic heterocycles. The predicted molar refractivity (Wildman–Crippen MR) is 95.3 cm³/mol. The Morgan fingerprint density at radius 1 is 1.21 bits per heavy atom. The summed E-state index contributed by atoms with van der Waals surface area (Å²) in [5.74, 6) is 1.50. The molecule has 1 amide bonds. The number of carbonyl (C=O) groups excluding carboxylic acids is 1. The number of anilines is 1. The number of nitrogens with zero attached hydrogens (tertiary/aromatic N) is 2. The highest BCUT2D eigenvalue weighted by molar-refractivity contribution is 5.94. The van der Waals surface area contributed by atoms with Crippen molar-refractivity contribution >= 4 is 17.4 Å². The van der Waals surface area contributed by atoms with Gasteiger partial charge in [0.05, 0.1) is 7.11 Å². The summed E-state index contributed by atoms with van der Waals surface area (Å²) in [6.45, 7) is 2.07. The number of benzene rings is 1. The first-order valence-electron chi connectivity index (χ1n) is 8.14. The molecule has 0 radical (unpaired) electrons. The standard InChI is InChI=1S/C19H21N3O2/c1-3-4-8-17(23)21-19-18(14-9-11-15(24-2)12-10-14)20-16-7-5-6-13-22(16)19/h5-7,9-13H,3-4,8H2,1-2H3,(H,21,23). The zero-order chi connectivity index (χ0) is 16.9. The normalized spacial score (nSPS) is 10.8. The van der Waals surface area contributed by atoms with Crippen molar-refractivity contribution in [1.82, 2.24) is 9.38 Å². The molecule has 5 heteroatoms. The Hall–Kier alpha value is -2.82. The molecule has 2 aromatic heterocycles. The Labute approximate surface area is 141 Å². The molecule has 0 saturated heterocycles. The largest absolute Gasteiger partial charge is 0.497 e. The zero-order valence-corrected chi connectivity index (χ0v) is 14.0. The van der Waals surface area contributed by atoms with E-state index in [0.29, 0.717) is 12.2 Å². The van der Waals surface area contributed by atoms with E-state index in [-0.39, 0.29) is 5.91 Å². The molecule has 124 valence electrons. The smallest absolute Gasteiger partial charge is 0.225 e. The van der Waals surface area contributed by atoms with E-state index >= 15 is 0 Å². The van der Waals surface area contributed by atoms with Crippen LogP contribution in [0.2, 0.25) is 0 Å². The van der Waals surface area contributed by atoms with Gasteiger partial charge in [-0.05, 0) is 42.8 Å². The lowest BCUT2D eigenvalue weighted by Gasteiger charge is -2.08. The maximum absolute atomic E-state index is 12.2. The van der Waals surface area contributed by atoms with E-state index in [2.05, 4.69) is 17.2 Å². The Kier molecular flexibility index (Phi) is 4.79. The predicted octanol–water partition coefficient (Wildman–Crippen LogP) is 4.14. The van der Waals surface area contributed by atoms with E-state index in [4.69, 9.17) is 4.74 Å². The second-order valence-corrected chi connectivity index (χ2v) is 5.62. The van der Waals surface area contributed by atoms with Gasteiger partial charge < -0.3 is 10.1 Å². The number of fused-ring (bicyclic) bond motifs is 1. The Bertz CT molecular complexity index is 837. The molecule has 5 nitrogen and oxygen atoms in total. The molecule has 0 aliphatic carbocycles. The summed E-state index contributed by atoms with van der Waals surface area (Å²) in [6.07, 6.45) is 4.29. The molecule has 0 bridgehead atoms. The van der Waals surface area contributed by atoms with Crippen molar-refractivity contribution in [2.75, 3.05) is 12.4 Å². The van der Waals surface area contributed by atoms with Gasteiger partial charge >= 0.3 is 0 Å². The van der Waals surface area contributed by atoms with Crippen molar-refractivity contribution in [2.45, 2.75) is 26.2 Å². The molecule has 0 fully saturated rings. The number of rotatable bonds is 6. The fourth-order valence-corrected chi connectivity index (χ4v) is 2.60. The van der Waals surface area contributed by atoms with E-state index in [1.165, 1.54) is 0 Å². The number of pyridine rings is 1. The Balaban J connectivity index is 2.02. The highest BCUT2D eigenvalue weighted by atomic mass is 16.5. The van der Waals surface area contributed by atoms with Crippen LogP contribution in [0.25, 0.3) is 16.9 Å². The van der Waals surface area contributed by atoms with Gasteiger partial charge in [0.2, 0.25) is 5.91 Å². The van der Waals surface area contributed by atoms with Gasteiger partial charge in [-0.2, -0.15) is 0 Å². The highest BCUT2D eigenvalue weighted by Crippen LogP contribution is 2.30. The Morgan fingerprint density at radius 3 is 2.71 bits per heavy atom. The van der Waals surface area contributed by atoms with Crippen LogP contribution >= 0.6 is 0 Å². The molecule has 2 heterocycles. The first kappa shape index (κ1) is 16.1. The van der Waals surface area contributed by atoms with E-state index in [1.54, 1.807) is 7.11 Å². The molecule has 1 N–H and O–H groups in total. The van der Waals surface area contributed by atoms with Gasteiger partial charge in [-0.15, -0.1) is 0 Å². The first-order chi connectivity index (χ1) is 11.7. The molecule has 3 rings (SSSR count). The van der Waals surface area contributed by atoms with Crippen LogP contribution in [0.3, 0.4) is 0 Å². The minimum atomic E-state index is 0.0114. The molecule has 0 aliphatic rings. The minimum absolute atomic E-state index is 0.0114. The van der Waals surface area contributed by atoms with Crippen molar-refractivity contribution in [3.05, 3.63) is 48.7 Å². The van der Waals surface area contributed by atoms with Crippen LogP contribution < -0.4 is 10.1 Å². The molecular weight excluding hydrogens is 302 g/mol. The first-order valence-corrected chi connectivity index (χ1v) is 8.14. The zero-order valence-electron chi connectivity index (χ0n) is 14.0.